The van der Waals surface area contributed by atoms with Gasteiger partial charge in [-0.05, 0) is 24.7 Å². The van der Waals surface area contributed by atoms with E-state index in [1.807, 2.05) is 29.1 Å². The molecular formula is C17H18ClN3O5. The summed E-state index contributed by atoms with van der Waals surface area (Å²) in [6, 6.07) is 5.95. The van der Waals surface area contributed by atoms with Gasteiger partial charge in [-0.15, -0.1) is 11.6 Å². The second-order valence-corrected chi connectivity index (χ2v) is 5.74. The lowest BCUT2D eigenvalue weighted by atomic mass is 10.1. The second-order valence-electron chi connectivity index (χ2n) is 5.43. The molecule has 1 atom stereocenters. The van der Waals surface area contributed by atoms with Crippen LogP contribution in [0.1, 0.15) is 0 Å². The Morgan fingerprint density at radius 2 is 1.96 bits per heavy atom. The van der Waals surface area contributed by atoms with Crippen molar-refractivity contribution in [3.8, 4) is 0 Å². The van der Waals surface area contributed by atoms with Gasteiger partial charge in [0.25, 0.3) is 0 Å². The number of halogens is 1. The van der Waals surface area contributed by atoms with Crippen molar-refractivity contribution >= 4 is 45.4 Å². The molecule has 0 bridgehead atoms. The largest absolute Gasteiger partial charge is 0.478 e. The molecule has 0 aliphatic carbocycles. The van der Waals surface area contributed by atoms with Crippen LogP contribution in [0.25, 0.3) is 21.9 Å². The van der Waals surface area contributed by atoms with Gasteiger partial charge in [-0.25, -0.2) is 9.59 Å². The van der Waals surface area contributed by atoms with Crippen LogP contribution in [-0.2, 0) is 16.1 Å². The van der Waals surface area contributed by atoms with Crippen LogP contribution in [0.4, 0.5) is 0 Å². The van der Waals surface area contributed by atoms with Gasteiger partial charge in [-0.2, -0.15) is 5.10 Å². The molecule has 26 heavy (non-hydrogen) atoms. The van der Waals surface area contributed by atoms with E-state index in [2.05, 4.69) is 5.10 Å². The van der Waals surface area contributed by atoms with Gasteiger partial charge in [0, 0.05) is 41.3 Å². The molecule has 3 aromatic rings. The first kappa shape index (κ1) is 19.5. The zero-order valence-electron chi connectivity index (χ0n) is 13.7. The Hall–Kier alpha value is -2.84. The fourth-order valence-corrected chi connectivity index (χ4v) is 2.56. The standard InChI is InChI=1S/C13H14ClN3O.C4H4O4/c14-5-9(6-15)8-17-13-10(7-16-17)1-2-12-11(13)3-4-18-12;5-3(6)1-2-4(7)8/h1-4,7,9H,5-6,8,15H2;1-2H,(H,5,6)(H,7,8)/b;2-1+. The summed E-state index contributed by atoms with van der Waals surface area (Å²) in [5, 5.41) is 22.2. The van der Waals surface area contributed by atoms with Crippen molar-refractivity contribution in [1.29, 1.82) is 0 Å². The Labute approximate surface area is 153 Å². The van der Waals surface area contributed by atoms with Gasteiger partial charge in [-0.3, -0.25) is 4.68 Å². The first-order valence-corrected chi connectivity index (χ1v) is 8.21. The molecule has 0 spiro atoms. The summed E-state index contributed by atoms with van der Waals surface area (Å²) < 4.78 is 7.38. The highest BCUT2D eigenvalue weighted by atomic mass is 35.5. The van der Waals surface area contributed by atoms with Crippen LogP contribution in [0.3, 0.4) is 0 Å². The SMILES string of the molecule is NCC(CCl)Cn1ncc2ccc3occc3c21.O=C(O)/C=C/C(=O)O. The van der Waals surface area contributed by atoms with E-state index in [9.17, 15) is 9.59 Å². The monoisotopic (exact) mass is 379 g/mol. The topological polar surface area (TPSA) is 132 Å². The number of fused-ring (bicyclic) bond motifs is 3. The zero-order valence-corrected chi connectivity index (χ0v) is 14.5. The number of furan rings is 1. The van der Waals surface area contributed by atoms with E-state index in [1.54, 1.807) is 6.26 Å². The lowest BCUT2D eigenvalue weighted by Crippen LogP contribution is -2.22. The van der Waals surface area contributed by atoms with Crippen molar-refractivity contribution in [2.75, 3.05) is 12.4 Å². The molecule has 0 aliphatic heterocycles. The average molecular weight is 380 g/mol. The van der Waals surface area contributed by atoms with Gasteiger partial charge in [0.1, 0.15) is 5.58 Å². The van der Waals surface area contributed by atoms with Crippen LogP contribution >= 0.6 is 11.6 Å². The minimum Gasteiger partial charge on any atom is -0.478 e. The number of nitrogens with zero attached hydrogens (tertiary/aromatic N) is 2. The number of aliphatic carboxylic acids is 2. The van der Waals surface area contributed by atoms with Crippen LogP contribution in [0.5, 0.6) is 0 Å². The third-order valence-electron chi connectivity index (χ3n) is 3.58. The summed E-state index contributed by atoms with van der Waals surface area (Å²) in [6.07, 6.45) is 4.68. The number of hydrogen-bond acceptors (Lipinski definition) is 5. The molecule has 1 aromatic carbocycles. The third kappa shape index (κ3) is 4.84. The molecule has 2 aromatic heterocycles. The number of aromatic nitrogens is 2. The number of rotatable bonds is 6. The van der Waals surface area contributed by atoms with Gasteiger partial charge >= 0.3 is 11.9 Å². The van der Waals surface area contributed by atoms with E-state index >= 15 is 0 Å². The van der Waals surface area contributed by atoms with Gasteiger partial charge in [-0.1, -0.05) is 0 Å². The van der Waals surface area contributed by atoms with Crippen molar-refractivity contribution in [3.05, 3.63) is 42.8 Å². The highest BCUT2D eigenvalue weighted by Crippen LogP contribution is 2.26. The lowest BCUT2D eigenvalue weighted by Gasteiger charge is -2.12. The highest BCUT2D eigenvalue weighted by Gasteiger charge is 2.12. The molecule has 9 heteroatoms. The van der Waals surface area contributed by atoms with E-state index < -0.39 is 11.9 Å². The molecule has 138 valence electrons. The van der Waals surface area contributed by atoms with Gasteiger partial charge < -0.3 is 20.4 Å². The van der Waals surface area contributed by atoms with Gasteiger partial charge in [0.2, 0.25) is 0 Å². The Morgan fingerprint density at radius 3 is 2.54 bits per heavy atom. The molecule has 0 aliphatic rings. The number of alkyl halides is 1. The highest BCUT2D eigenvalue weighted by molar-refractivity contribution is 6.18. The quantitative estimate of drug-likeness (QED) is 0.442. The molecule has 0 radical (unpaired) electrons. The Bertz CT molecular complexity index is 911. The molecule has 0 fully saturated rings. The van der Waals surface area contributed by atoms with Gasteiger partial charge in [0.05, 0.1) is 18.0 Å². The minimum atomic E-state index is -1.26. The van der Waals surface area contributed by atoms with Crippen molar-refractivity contribution in [1.82, 2.24) is 9.78 Å². The average Bonchev–Trinajstić information content (AvgIpc) is 3.24. The molecule has 4 N–H and O–H groups in total. The Balaban J connectivity index is 0.000000260. The van der Waals surface area contributed by atoms with Crippen LogP contribution in [0.2, 0.25) is 0 Å². The van der Waals surface area contributed by atoms with Crippen LogP contribution < -0.4 is 5.73 Å². The molecule has 3 rings (SSSR count). The number of carboxylic acid groups (broad SMARTS) is 2. The molecule has 0 saturated heterocycles. The van der Waals surface area contributed by atoms with E-state index in [0.717, 1.165) is 28.4 Å². The molecule has 8 nitrogen and oxygen atoms in total. The Kier molecular flexibility index (Phi) is 6.76. The predicted molar refractivity (Wildman–Crippen MR) is 97.2 cm³/mol. The maximum absolute atomic E-state index is 9.55. The second kappa shape index (κ2) is 9.02. The normalized spacial score (nSPS) is 12.2. The van der Waals surface area contributed by atoms with Crippen molar-refractivity contribution in [3.63, 3.8) is 0 Å². The third-order valence-corrected chi connectivity index (χ3v) is 4.02. The summed E-state index contributed by atoms with van der Waals surface area (Å²) in [7, 11) is 0. The smallest absolute Gasteiger partial charge is 0.328 e. The number of hydrogen-bond donors (Lipinski definition) is 3. The fourth-order valence-electron chi connectivity index (χ4n) is 2.34. The maximum Gasteiger partial charge on any atom is 0.328 e. The maximum atomic E-state index is 9.55. The minimum absolute atomic E-state index is 0.233. The molecule has 2 heterocycles. The van der Waals surface area contributed by atoms with Crippen molar-refractivity contribution in [2.45, 2.75) is 6.54 Å². The number of nitrogens with two attached hydrogens (primary N) is 1. The summed E-state index contributed by atoms with van der Waals surface area (Å²) in [5.74, 6) is -1.74. The van der Waals surface area contributed by atoms with Crippen molar-refractivity contribution in [2.24, 2.45) is 11.7 Å². The summed E-state index contributed by atoms with van der Waals surface area (Å²) in [5.41, 5.74) is 7.65. The van der Waals surface area contributed by atoms with E-state index in [-0.39, 0.29) is 5.92 Å². The number of benzene rings is 1. The summed E-state index contributed by atoms with van der Waals surface area (Å²) in [6.45, 7) is 1.29. The van der Waals surface area contributed by atoms with E-state index in [0.29, 0.717) is 24.6 Å². The van der Waals surface area contributed by atoms with Crippen LogP contribution in [-0.4, -0.2) is 44.4 Å². The summed E-state index contributed by atoms with van der Waals surface area (Å²) >= 11 is 5.89. The Morgan fingerprint density at radius 1 is 1.27 bits per heavy atom. The lowest BCUT2D eigenvalue weighted by molar-refractivity contribution is -0.134. The number of carbonyl (C=O) groups is 2. The van der Waals surface area contributed by atoms with Crippen molar-refractivity contribution < 1.29 is 24.2 Å². The van der Waals surface area contributed by atoms with E-state index in [4.69, 9.17) is 32.0 Å². The summed E-state index contributed by atoms with van der Waals surface area (Å²) in [4.78, 5) is 19.1. The molecular weight excluding hydrogens is 362 g/mol. The fraction of sp³-hybridized carbons (Fsp3) is 0.235. The zero-order chi connectivity index (χ0) is 19.1. The predicted octanol–water partition coefficient (Wildman–Crippen LogP) is 2.31. The van der Waals surface area contributed by atoms with Gasteiger partial charge in [0.15, 0.2) is 0 Å². The number of carboxylic acids is 2. The van der Waals surface area contributed by atoms with Crippen LogP contribution in [0.15, 0.2) is 47.2 Å². The first-order valence-electron chi connectivity index (χ1n) is 7.68. The van der Waals surface area contributed by atoms with Crippen LogP contribution in [0, 0.1) is 5.92 Å². The molecule has 1 unspecified atom stereocenters. The first-order chi connectivity index (χ1) is 12.5. The molecule has 0 amide bonds. The van der Waals surface area contributed by atoms with E-state index in [1.165, 1.54) is 0 Å². The molecule has 0 saturated carbocycles.